The summed E-state index contributed by atoms with van der Waals surface area (Å²) >= 11 is 0. The van der Waals surface area contributed by atoms with Crippen LogP contribution in [0.3, 0.4) is 0 Å². The fourth-order valence-corrected chi connectivity index (χ4v) is 4.23. The smallest absolute Gasteiger partial charge is 0.275 e. The number of carbonyl (C=O) groups excluding carboxylic acids is 1. The minimum absolute atomic E-state index is 0.226. The van der Waals surface area contributed by atoms with Crippen molar-refractivity contribution in [3.63, 3.8) is 0 Å². The summed E-state index contributed by atoms with van der Waals surface area (Å²) < 4.78 is 11.6. The van der Waals surface area contributed by atoms with E-state index in [-0.39, 0.29) is 12.5 Å². The maximum atomic E-state index is 13.0. The topological polar surface area (TPSA) is 83.7 Å². The molecule has 0 heterocycles. The van der Waals surface area contributed by atoms with Crippen molar-refractivity contribution < 1.29 is 14.3 Å². The fourth-order valence-electron chi connectivity index (χ4n) is 4.23. The highest BCUT2D eigenvalue weighted by molar-refractivity contribution is 6.04. The standard InChI is InChI=1S/C31H23N3O3/c1-36-30-17-23-10-3-2-9-22(23)16-27(30)31(35)34-33-19-28-26-13-7-6-8-21(26)14-15-29(28)37-20-25-12-5-4-11-24(25)18-32/h2-17,19H,20H2,1H3,(H,34,35)/b33-19-. The predicted octanol–water partition coefficient (Wildman–Crippen LogP) is 6.22. The van der Waals surface area contributed by atoms with Gasteiger partial charge in [-0.3, -0.25) is 4.79 Å². The predicted molar refractivity (Wildman–Crippen MR) is 145 cm³/mol. The van der Waals surface area contributed by atoms with Gasteiger partial charge in [-0.2, -0.15) is 10.4 Å². The molecule has 0 saturated carbocycles. The zero-order valence-corrected chi connectivity index (χ0v) is 20.1. The second-order valence-electron chi connectivity index (χ2n) is 8.35. The Labute approximate surface area is 214 Å². The average Bonchev–Trinajstić information content (AvgIpc) is 2.95. The molecule has 0 fully saturated rings. The summed E-state index contributed by atoms with van der Waals surface area (Å²) in [7, 11) is 1.54. The van der Waals surface area contributed by atoms with E-state index in [1.165, 1.54) is 7.11 Å². The Morgan fingerprint density at radius 2 is 1.59 bits per heavy atom. The highest BCUT2D eigenvalue weighted by atomic mass is 16.5. The maximum Gasteiger partial charge on any atom is 0.275 e. The van der Waals surface area contributed by atoms with Crippen molar-refractivity contribution in [2.75, 3.05) is 7.11 Å². The quantitative estimate of drug-likeness (QED) is 0.219. The number of amides is 1. The second-order valence-corrected chi connectivity index (χ2v) is 8.35. The maximum absolute atomic E-state index is 13.0. The van der Waals surface area contributed by atoms with Gasteiger partial charge in [0.2, 0.25) is 0 Å². The molecule has 0 atom stereocenters. The van der Waals surface area contributed by atoms with Crippen LogP contribution in [0.4, 0.5) is 0 Å². The minimum Gasteiger partial charge on any atom is -0.496 e. The summed E-state index contributed by atoms with van der Waals surface area (Å²) in [5.41, 5.74) is 5.09. The lowest BCUT2D eigenvalue weighted by atomic mass is 10.0. The lowest BCUT2D eigenvalue weighted by molar-refractivity contribution is 0.0952. The van der Waals surface area contributed by atoms with E-state index in [2.05, 4.69) is 16.6 Å². The normalized spacial score (nSPS) is 10.9. The Balaban J connectivity index is 1.43. The number of ether oxygens (including phenoxy) is 2. The number of nitrogens with one attached hydrogen (secondary N) is 1. The van der Waals surface area contributed by atoms with Crippen LogP contribution in [0.2, 0.25) is 0 Å². The molecule has 5 aromatic rings. The molecule has 5 aromatic carbocycles. The SMILES string of the molecule is COc1cc2ccccc2cc1C(=O)N/N=C\c1c(OCc2ccccc2C#N)ccc2ccccc12. The molecule has 6 heteroatoms. The zero-order valence-electron chi connectivity index (χ0n) is 20.1. The Morgan fingerprint density at radius 3 is 2.38 bits per heavy atom. The molecule has 0 aliphatic carbocycles. The van der Waals surface area contributed by atoms with E-state index in [1.54, 1.807) is 18.3 Å². The molecule has 0 aliphatic heterocycles. The molecule has 0 radical (unpaired) electrons. The van der Waals surface area contributed by atoms with E-state index in [0.29, 0.717) is 22.6 Å². The Hall–Kier alpha value is -5.15. The molecule has 6 nitrogen and oxygen atoms in total. The Morgan fingerprint density at radius 1 is 0.892 bits per heavy atom. The molecule has 37 heavy (non-hydrogen) atoms. The number of hydrazone groups is 1. The summed E-state index contributed by atoms with van der Waals surface area (Å²) in [4.78, 5) is 13.0. The molecule has 0 aromatic heterocycles. The van der Waals surface area contributed by atoms with Gasteiger partial charge in [-0.1, -0.05) is 72.8 Å². The fraction of sp³-hybridized carbons (Fsp3) is 0.0645. The van der Waals surface area contributed by atoms with Crippen molar-refractivity contribution >= 4 is 33.7 Å². The van der Waals surface area contributed by atoms with Gasteiger partial charge in [0.1, 0.15) is 18.1 Å². The van der Waals surface area contributed by atoms with Crippen molar-refractivity contribution in [1.82, 2.24) is 5.43 Å². The molecule has 0 spiro atoms. The number of nitriles is 1. The largest absolute Gasteiger partial charge is 0.496 e. The summed E-state index contributed by atoms with van der Waals surface area (Å²) in [6.07, 6.45) is 1.58. The first-order valence-electron chi connectivity index (χ1n) is 11.7. The van der Waals surface area contributed by atoms with Gasteiger partial charge in [-0.15, -0.1) is 0 Å². The minimum atomic E-state index is -0.385. The molecule has 180 valence electrons. The molecule has 1 amide bonds. The van der Waals surface area contributed by atoms with E-state index >= 15 is 0 Å². The number of rotatable bonds is 7. The Kier molecular flexibility index (Phi) is 6.78. The van der Waals surface area contributed by atoms with Crippen LogP contribution >= 0.6 is 0 Å². The third-order valence-electron chi connectivity index (χ3n) is 6.12. The first-order valence-corrected chi connectivity index (χ1v) is 11.7. The van der Waals surface area contributed by atoms with Crippen molar-refractivity contribution in [2.45, 2.75) is 6.61 Å². The van der Waals surface area contributed by atoms with Crippen LogP contribution < -0.4 is 14.9 Å². The Bertz CT molecular complexity index is 1690. The van der Waals surface area contributed by atoms with Gasteiger partial charge in [-0.05, 0) is 45.8 Å². The van der Waals surface area contributed by atoms with E-state index in [0.717, 1.165) is 32.7 Å². The molecule has 0 bridgehead atoms. The molecular weight excluding hydrogens is 462 g/mol. The molecular formula is C31H23N3O3. The van der Waals surface area contributed by atoms with E-state index in [9.17, 15) is 10.1 Å². The van der Waals surface area contributed by atoms with Gasteiger partial charge >= 0.3 is 0 Å². The number of nitrogens with zero attached hydrogens (tertiary/aromatic N) is 2. The number of methoxy groups -OCH3 is 1. The van der Waals surface area contributed by atoms with Gasteiger partial charge in [0.15, 0.2) is 0 Å². The van der Waals surface area contributed by atoms with Gasteiger partial charge in [0.25, 0.3) is 5.91 Å². The molecule has 1 N–H and O–H groups in total. The van der Waals surface area contributed by atoms with Crippen molar-refractivity contribution in [3.8, 4) is 17.6 Å². The highest BCUT2D eigenvalue weighted by Gasteiger charge is 2.14. The first kappa shape index (κ1) is 23.6. The number of benzene rings is 5. The van der Waals surface area contributed by atoms with Crippen molar-refractivity contribution in [1.29, 1.82) is 5.26 Å². The van der Waals surface area contributed by atoms with Crippen LogP contribution in [-0.2, 0) is 6.61 Å². The van der Waals surface area contributed by atoms with Gasteiger partial charge in [0, 0.05) is 11.1 Å². The van der Waals surface area contributed by atoms with E-state index in [1.807, 2.05) is 84.9 Å². The van der Waals surface area contributed by atoms with Crippen LogP contribution in [0.5, 0.6) is 11.5 Å². The number of hydrogen-bond acceptors (Lipinski definition) is 5. The van der Waals surface area contributed by atoms with Gasteiger partial charge in [-0.25, -0.2) is 5.43 Å². The summed E-state index contributed by atoms with van der Waals surface area (Å²) in [5, 5.41) is 17.5. The molecule has 5 rings (SSSR count). The van der Waals surface area contributed by atoms with Crippen LogP contribution in [0.1, 0.15) is 27.0 Å². The van der Waals surface area contributed by atoms with Gasteiger partial charge in [0.05, 0.1) is 30.5 Å². The van der Waals surface area contributed by atoms with Crippen molar-refractivity contribution in [2.24, 2.45) is 5.10 Å². The second kappa shape index (κ2) is 10.6. The summed E-state index contributed by atoms with van der Waals surface area (Å²) in [6.45, 7) is 0.226. The summed E-state index contributed by atoms with van der Waals surface area (Å²) in [5.74, 6) is 0.675. The third kappa shape index (κ3) is 4.97. The number of hydrogen-bond donors (Lipinski definition) is 1. The van der Waals surface area contributed by atoms with Crippen LogP contribution in [0, 0.1) is 11.3 Å². The molecule has 0 aliphatic rings. The molecule has 0 saturated heterocycles. The lowest BCUT2D eigenvalue weighted by Crippen LogP contribution is -2.18. The van der Waals surface area contributed by atoms with Crippen LogP contribution in [-0.4, -0.2) is 19.2 Å². The average molecular weight is 486 g/mol. The molecule has 0 unspecified atom stereocenters. The van der Waals surface area contributed by atoms with E-state index in [4.69, 9.17) is 9.47 Å². The monoisotopic (exact) mass is 485 g/mol. The first-order chi connectivity index (χ1) is 18.2. The van der Waals surface area contributed by atoms with Crippen LogP contribution in [0.25, 0.3) is 21.5 Å². The van der Waals surface area contributed by atoms with Crippen molar-refractivity contribution in [3.05, 3.63) is 119 Å². The highest BCUT2D eigenvalue weighted by Crippen LogP contribution is 2.28. The van der Waals surface area contributed by atoms with Gasteiger partial charge < -0.3 is 9.47 Å². The summed E-state index contributed by atoms with van der Waals surface area (Å²) in [6, 6.07) is 32.6. The number of carbonyl (C=O) groups is 1. The van der Waals surface area contributed by atoms with E-state index < -0.39 is 0 Å². The zero-order chi connectivity index (χ0) is 25.6. The third-order valence-corrected chi connectivity index (χ3v) is 6.12. The lowest BCUT2D eigenvalue weighted by Gasteiger charge is -2.13. The van der Waals surface area contributed by atoms with Crippen LogP contribution in [0.15, 0.2) is 102 Å². The number of fused-ring (bicyclic) bond motifs is 2.